The highest BCUT2D eigenvalue weighted by Crippen LogP contribution is 2.35. The molecule has 0 unspecified atom stereocenters. The quantitative estimate of drug-likeness (QED) is 0.291. The van der Waals surface area contributed by atoms with Crippen LogP contribution in [0.1, 0.15) is 19.4 Å². The monoisotopic (exact) mass is 517 g/mol. The molecule has 0 saturated carbocycles. The van der Waals surface area contributed by atoms with Gasteiger partial charge >= 0.3 is 0 Å². The zero-order valence-electron chi connectivity index (χ0n) is 22.3. The molecule has 6 aromatic rings. The van der Waals surface area contributed by atoms with Crippen molar-refractivity contribution in [2.45, 2.75) is 20.4 Å². The molecule has 8 heteroatoms. The van der Waals surface area contributed by atoms with Crippen LogP contribution in [0.5, 0.6) is 0 Å². The van der Waals surface area contributed by atoms with E-state index in [4.69, 9.17) is 4.98 Å². The number of pyridine rings is 2. The molecule has 6 rings (SSSR count). The molecule has 4 aromatic heterocycles. The number of aliphatic hydroxyl groups is 1. The van der Waals surface area contributed by atoms with Crippen LogP contribution in [0, 0.1) is 5.41 Å². The van der Waals surface area contributed by atoms with Gasteiger partial charge in [-0.1, -0.05) is 68.4 Å². The maximum atomic E-state index is 9.50. The van der Waals surface area contributed by atoms with E-state index in [2.05, 4.69) is 63.0 Å². The average Bonchev–Trinajstić information content (AvgIpc) is 3.59. The molecule has 196 valence electrons. The van der Waals surface area contributed by atoms with E-state index in [1.54, 1.807) is 6.33 Å². The second-order valence-electron chi connectivity index (χ2n) is 10.8. The molecule has 4 heterocycles. The maximum Gasteiger partial charge on any atom is 0.188 e. The van der Waals surface area contributed by atoms with Crippen molar-refractivity contribution < 1.29 is 5.11 Å². The minimum Gasteiger partial charge on any atom is -0.396 e. The number of fused-ring (bicyclic) bond motifs is 3. The average molecular weight is 518 g/mol. The van der Waals surface area contributed by atoms with Crippen LogP contribution in [0.4, 0.5) is 0 Å². The first kappa shape index (κ1) is 24.9. The molecule has 2 aromatic carbocycles. The van der Waals surface area contributed by atoms with Gasteiger partial charge in [0.15, 0.2) is 11.5 Å². The first-order valence-corrected chi connectivity index (χ1v) is 13.0. The van der Waals surface area contributed by atoms with Crippen molar-refractivity contribution in [1.82, 2.24) is 34.4 Å². The summed E-state index contributed by atoms with van der Waals surface area (Å²) in [4.78, 5) is 9.61. The van der Waals surface area contributed by atoms with Crippen LogP contribution in [0.15, 0.2) is 85.5 Å². The minimum absolute atomic E-state index is 0.145. The molecule has 0 aliphatic heterocycles. The van der Waals surface area contributed by atoms with Gasteiger partial charge in [0.25, 0.3) is 0 Å². The molecule has 0 atom stereocenters. The number of aromatic nitrogens is 6. The van der Waals surface area contributed by atoms with E-state index >= 15 is 0 Å². The summed E-state index contributed by atoms with van der Waals surface area (Å²) in [5.41, 5.74) is 7.50. The molecular weight excluding hydrogens is 486 g/mol. The molecule has 0 saturated heterocycles. The van der Waals surface area contributed by atoms with Gasteiger partial charge in [-0.3, -0.25) is 4.40 Å². The number of nitrogens with one attached hydrogen (secondary N) is 1. The summed E-state index contributed by atoms with van der Waals surface area (Å²) in [6.45, 7) is 5.73. The number of aryl methyl sites for hydroxylation is 1. The molecular formula is C31H31N7O. The normalized spacial score (nSPS) is 12.0. The fourth-order valence-electron chi connectivity index (χ4n) is 4.74. The number of rotatable bonds is 8. The summed E-state index contributed by atoms with van der Waals surface area (Å²) in [6, 6.07) is 23.0. The predicted molar refractivity (Wildman–Crippen MR) is 154 cm³/mol. The van der Waals surface area contributed by atoms with Gasteiger partial charge in [-0.15, -0.1) is 10.2 Å². The largest absolute Gasteiger partial charge is 0.396 e. The lowest BCUT2D eigenvalue weighted by molar-refractivity contribution is 0.156. The third-order valence-electron chi connectivity index (χ3n) is 6.98. The Bertz CT molecular complexity index is 1750. The summed E-state index contributed by atoms with van der Waals surface area (Å²) in [5.74, 6) is 0.699. The Morgan fingerprint density at radius 2 is 1.74 bits per heavy atom. The van der Waals surface area contributed by atoms with Crippen LogP contribution >= 0.6 is 0 Å². The highest BCUT2D eigenvalue weighted by Gasteiger charge is 2.18. The Labute approximate surface area is 227 Å². The number of imidazole rings is 1. The topological polar surface area (TPSA) is 93.2 Å². The van der Waals surface area contributed by atoms with E-state index in [-0.39, 0.29) is 12.0 Å². The van der Waals surface area contributed by atoms with Gasteiger partial charge in [-0.2, -0.15) is 0 Å². The van der Waals surface area contributed by atoms with Crippen LogP contribution in [0.3, 0.4) is 0 Å². The number of nitrogens with zero attached hydrogens (tertiary/aromatic N) is 6. The van der Waals surface area contributed by atoms with E-state index in [0.717, 1.165) is 57.7 Å². The molecule has 8 nitrogen and oxygen atoms in total. The van der Waals surface area contributed by atoms with Crippen molar-refractivity contribution in [2.24, 2.45) is 12.5 Å². The number of benzene rings is 2. The fourth-order valence-corrected chi connectivity index (χ4v) is 4.74. The van der Waals surface area contributed by atoms with E-state index in [9.17, 15) is 5.11 Å². The molecule has 0 aliphatic carbocycles. The molecule has 2 N–H and O–H groups in total. The van der Waals surface area contributed by atoms with Gasteiger partial charge in [-0.25, -0.2) is 9.97 Å². The molecule has 0 amide bonds. The van der Waals surface area contributed by atoms with E-state index < -0.39 is 0 Å². The zero-order chi connectivity index (χ0) is 27.0. The Kier molecular flexibility index (Phi) is 6.42. The molecule has 0 spiro atoms. The first-order valence-electron chi connectivity index (χ1n) is 13.0. The van der Waals surface area contributed by atoms with Crippen molar-refractivity contribution in [3.8, 4) is 33.9 Å². The summed E-state index contributed by atoms with van der Waals surface area (Å²) in [6.07, 6.45) is 5.66. The molecule has 39 heavy (non-hydrogen) atoms. The number of hydrogen-bond acceptors (Lipinski definition) is 6. The van der Waals surface area contributed by atoms with Gasteiger partial charge in [-0.05, 0) is 23.3 Å². The lowest BCUT2D eigenvalue weighted by atomic mass is 9.95. The lowest BCUT2D eigenvalue weighted by Gasteiger charge is -2.22. The van der Waals surface area contributed by atoms with Crippen LogP contribution in [0.25, 0.3) is 50.5 Å². The van der Waals surface area contributed by atoms with Gasteiger partial charge in [0.1, 0.15) is 5.69 Å². The highest BCUT2D eigenvalue weighted by molar-refractivity contribution is 5.98. The van der Waals surface area contributed by atoms with Crippen molar-refractivity contribution >= 4 is 16.6 Å². The third kappa shape index (κ3) is 4.92. The summed E-state index contributed by atoms with van der Waals surface area (Å²) in [7, 11) is 1.94. The molecule has 0 bridgehead atoms. The standard InChI is InChI=1S/C31H31N7O/c1-31(2,19-39)18-32-16-21-9-11-23(12-10-21)28-24(22-7-5-4-6-8-22)15-25-26(34-28)13-14-38-29(25)35-36-30(38)27-17-37(3)20-33-27/h4-15,17,20,32,39H,16,18-19H2,1-3H3. The van der Waals surface area contributed by atoms with Gasteiger partial charge in [0, 0.05) is 61.1 Å². The first-order chi connectivity index (χ1) is 18.9. The van der Waals surface area contributed by atoms with Crippen molar-refractivity contribution in [2.75, 3.05) is 13.2 Å². The van der Waals surface area contributed by atoms with Crippen LogP contribution < -0.4 is 5.32 Å². The van der Waals surface area contributed by atoms with Crippen molar-refractivity contribution in [3.05, 3.63) is 91.0 Å². The SMILES string of the molecule is Cn1cnc(-c2nnc3c4cc(-c5ccccc5)c(-c5ccc(CNCC(C)(C)CO)cc5)nc4ccn23)c1. The van der Waals surface area contributed by atoms with Crippen LogP contribution in [0.2, 0.25) is 0 Å². The predicted octanol–water partition coefficient (Wildman–Crippen LogP) is 5.12. The Balaban J connectivity index is 1.42. The lowest BCUT2D eigenvalue weighted by Crippen LogP contribution is -2.31. The Morgan fingerprint density at radius 3 is 2.46 bits per heavy atom. The zero-order valence-corrected chi connectivity index (χ0v) is 22.3. The van der Waals surface area contributed by atoms with Crippen molar-refractivity contribution in [3.63, 3.8) is 0 Å². The Morgan fingerprint density at radius 1 is 0.949 bits per heavy atom. The number of aliphatic hydroxyl groups excluding tert-OH is 1. The van der Waals surface area contributed by atoms with Gasteiger partial charge in [0.05, 0.1) is 17.5 Å². The van der Waals surface area contributed by atoms with Gasteiger partial charge < -0.3 is 15.0 Å². The maximum absolute atomic E-state index is 9.50. The minimum atomic E-state index is -0.145. The van der Waals surface area contributed by atoms with Crippen molar-refractivity contribution in [1.29, 1.82) is 0 Å². The van der Waals surface area contributed by atoms with Gasteiger partial charge in [0.2, 0.25) is 0 Å². The smallest absolute Gasteiger partial charge is 0.188 e. The highest BCUT2D eigenvalue weighted by atomic mass is 16.3. The van der Waals surface area contributed by atoms with E-state index in [1.165, 1.54) is 5.56 Å². The second-order valence-corrected chi connectivity index (χ2v) is 10.8. The second kappa shape index (κ2) is 10.1. The molecule has 0 radical (unpaired) electrons. The molecule has 0 fully saturated rings. The summed E-state index contributed by atoms with van der Waals surface area (Å²) < 4.78 is 3.87. The summed E-state index contributed by atoms with van der Waals surface area (Å²) in [5, 5.41) is 22.9. The van der Waals surface area contributed by atoms with Crippen LogP contribution in [-0.4, -0.2) is 47.4 Å². The van der Waals surface area contributed by atoms with E-state index in [1.807, 2.05) is 66.5 Å². The third-order valence-corrected chi connectivity index (χ3v) is 6.98. The summed E-state index contributed by atoms with van der Waals surface area (Å²) >= 11 is 0. The fraction of sp³-hybridized carbons (Fsp3) is 0.226. The molecule has 0 aliphatic rings. The van der Waals surface area contributed by atoms with Crippen LogP contribution in [-0.2, 0) is 13.6 Å². The number of hydrogen-bond donors (Lipinski definition) is 2. The Hall–Kier alpha value is -4.40. The van der Waals surface area contributed by atoms with E-state index in [0.29, 0.717) is 5.82 Å².